The van der Waals surface area contributed by atoms with Crippen LogP contribution in [0.5, 0.6) is 0 Å². The molecule has 2 N–H and O–H groups in total. The maximum Gasteiger partial charge on any atom is 0.148 e. The molecule has 0 bridgehead atoms. The number of nitrogens with zero attached hydrogens (tertiary/aromatic N) is 2. The number of rotatable bonds is 3. The molecular weight excluding hydrogens is 178 g/mol. The number of aliphatic hydroxyl groups is 1. The maximum atomic E-state index is 9.14. The molecule has 0 spiro atoms. The molecule has 1 aliphatic carbocycles. The molecule has 1 aliphatic rings. The standard InChI is InChI=1S/C10H15N3O/c14-7-8-3-1-4-9(8)12-10-5-2-6-11-13-10/h2,5-6,8-9,14H,1,3-4,7H2,(H,12,13)/t8-,9-/m0/s1. The van der Waals surface area contributed by atoms with Crippen LogP contribution < -0.4 is 5.32 Å². The molecule has 0 saturated heterocycles. The highest BCUT2D eigenvalue weighted by molar-refractivity contribution is 5.33. The van der Waals surface area contributed by atoms with Crippen molar-refractivity contribution < 1.29 is 5.11 Å². The van der Waals surface area contributed by atoms with Crippen molar-refractivity contribution in [2.75, 3.05) is 11.9 Å². The Morgan fingerprint density at radius 2 is 2.43 bits per heavy atom. The lowest BCUT2D eigenvalue weighted by Crippen LogP contribution is -2.26. The van der Waals surface area contributed by atoms with E-state index in [1.807, 2.05) is 12.1 Å². The zero-order valence-corrected chi connectivity index (χ0v) is 8.06. The molecule has 1 aromatic heterocycles. The van der Waals surface area contributed by atoms with Crippen molar-refractivity contribution in [3.05, 3.63) is 18.3 Å². The summed E-state index contributed by atoms with van der Waals surface area (Å²) in [6, 6.07) is 4.12. The van der Waals surface area contributed by atoms with Crippen LogP contribution in [0.4, 0.5) is 5.82 Å². The van der Waals surface area contributed by atoms with E-state index >= 15 is 0 Å². The Kier molecular flexibility index (Phi) is 2.93. The predicted molar refractivity (Wildman–Crippen MR) is 53.9 cm³/mol. The summed E-state index contributed by atoms with van der Waals surface area (Å²) in [5, 5.41) is 20.2. The molecule has 0 aliphatic heterocycles. The highest BCUT2D eigenvalue weighted by Crippen LogP contribution is 2.27. The van der Waals surface area contributed by atoms with Gasteiger partial charge in [-0.1, -0.05) is 6.42 Å². The van der Waals surface area contributed by atoms with Crippen molar-refractivity contribution in [2.45, 2.75) is 25.3 Å². The van der Waals surface area contributed by atoms with Crippen molar-refractivity contribution in [3.8, 4) is 0 Å². The van der Waals surface area contributed by atoms with Crippen LogP contribution in [-0.2, 0) is 0 Å². The van der Waals surface area contributed by atoms with Crippen molar-refractivity contribution in [1.82, 2.24) is 10.2 Å². The van der Waals surface area contributed by atoms with Gasteiger partial charge < -0.3 is 10.4 Å². The minimum atomic E-state index is 0.262. The molecule has 76 valence electrons. The normalized spacial score (nSPS) is 26.4. The van der Waals surface area contributed by atoms with E-state index < -0.39 is 0 Å². The van der Waals surface area contributed by atoms with Crippen LogP contribution in [0.25, 0.3) is 0 Å². The van der Waals surface area contributed by atoms with Crippen molar-refractivity contribution >= 4 is 5.82 Å². The number of hydrogen-bond donors (Lipinski definition) is 2. The number of anilines is 1. The summed E-state index contributed by atoms with van der Waals surface area (Å²) < 4.78 is 0. The molecule has 0 radical (unpaired) electrons. The average Bonchev–Trinajstić information content (AvgIpc) is 2.67. The van der Waals surface area contributed by atoms with Crippen LogP contribution in [0.15, 0.2) is 18.3 Å². The summed E-state index contributed by atoms with van der Waals surface area (Å²) >= 11 is 0. The summed E-state index contributed by atoms with van der Waals surface area (Å²) in [6.45, 7) is 0.262. The molecule has 2 atom stereocenters. The van der Waals surface area contributed by atoms with Gasteiger partial charge in [0.05, 0.1) is 0 Å². The van der Waals surface area contributed by atoms with Gasteiger partial charge in [0.2, 0.25) is 0 Å². The van der Waals surface area contributed by atoms with Gasteiger partial charge in [-0.2, -0.15) is 5.10 Å². The first-order valence-electron chi connectivity index (χ1n) is 5.05. The number of aliphatic hydroxyl groups excluding tert-OH is 1. The summed E-state index contributed by atoms with van der Waals surface area (Å²) in [7, 11) is 0. The van der Waals surface area contributed by atoms with Gasteiger partial charge in [-0.25, -0.2) is 0 Å². The van der Waals surface area contributed by atoms with Gasteiger partial charge in [-0.05, 0) is 25.0 Å². The zero-order valence-electron chi connectivity index (χ0n) is 8.06. The quantitative estimate of drug-likeness (QED) is 0.753. The van der Waals surface area contributed by atoms with Gasteiger partial charge in [0, 0.05) is 24.8 Å². The van der Waals surface area contributed by atoms with E-state index in [9.17, 15) is 0 Å². The third-order valence-electron chi connectivity index (χ3n) is 2.80. The lowest BCUT2D eigenvalue weighted by molar-refractivity contribution is 0.222. The Morgan fingerprint density at radius 3 is 3.14 bits per heavy atom. The number of nitrogens with one attached hydrogen (secondary N) is 1. The summed E-state index contributed by atoms with van der Waals surface area (Å²) in [6.07, 6.45) is 5.06. The molecule has 1 aromatic rings. The fourth-order valence-electron chi connectivity index (χ4n) is 2.01. The van der Waals surface area contributed by atoms with Crippen LogP contribution >= 0.6 is 0 Å². The molecular formula is C10H15N3O. The first-order valence-corrected chi connectivity index (χ1v) is 5.05. The number of hydrogen-bond acceptors (Lipinski definition) is 4. The van der Waals surface area contributed by atoms with Crippen molar-refractivity contribution in [2.24, 2.45) is 5.92 Å². The fourth-order valence-corrected chi connectivity index (χ4v) is 2.01. The topological polar surface area (TPSA) is 58.0 Å². The Hall–Kier alpha value is -1.16. The SMILES string of the molecule is OC[C@@H]1CCC[C@@H]1Nc1cccnn1. The van der Waals surface area contributed by atoms with Gasteiger partial charge >= 0.3 is 0 Å². The summed E-state index contributed by atoms with van der Waals surface area (Å²) in [5.74, 6) is 1.18. The predicted octanol–water partition coefficient (Wildman–Crippen LogP) is 1.05. The smallest absolute Gasteiger partial charge is 0.148 e. The van der Waals surface area contributed by atoms with Gasteiger partial charge in [-0.3, -0.25) is 0 Å². The maximum absolute atomic E-state index is 9.14. The van der Waals surface area contributed by atoms with E-state index in [0.717, 1.165) is 18.7 Å². The van der Waals surface area contributed by atoms with Crippen LogP contribution in [0.2, 0.25) is 0 Å². The van der Waals surface area contributed by atoms with E-state index in [1.54, 1.807) is 6.20 Å². The molecule has 14 heavy (non-hydrogen) atoms. The third-order valence-corrected chi connectivity index (χ3v) is 2.80. The molecule has 0 amide bonds. The minimum Gasteiger partial charge on any atom is -0.396 e. The molecule has 4 heteroatoms. The van der Waals surface area contributed by atoms with Gasteiger partial charge in [0.25, 0.3) is 0 Å². The second kappa shape index (κ2) is 4.37. The monoisotopic (exact) mass is 193 g/mol. The van der Waals surface area contributed by atoms with Crippen LogP contribution in [-0.4, -0.2) is 28.0 Å². The van der Waals surface area contributed by atoms with E-state index in [-0.39, 0.29) is 6.61 Å². The average molecular weight is 193 g/mol. The molecule has 1 fully saturated rings. The Labute approximate surface area is 83.4 Å². The Balaban J connectivity index is 1.97. The second-order valence-corrected chi connectivity index (χ2v) is 3.73. The summed E-state index contributed by atoms with van der Waals surface area (Å²) in [5.41, 5.74) is 0. The molecule has 2 rings (SSSR count). The third kappa shape index (κ3) is 2.01. The van der Waals surface area contributed by atoms with Crippen molar-refractivity contribution in [3.63, 3.8) is 0 Å². The van der Waals surface area contributed by atoms with Crippen LogP contribution in [0.1, 0.15) is 19.3 Å². The van der Waals surface area contributed by atoms with Gasteiger partial charge in [0.1, 0.15) is 5.82 Å². The van der Waals surface area contributed by atoms with Crippen molar-refractivity contribution in [1.29, 1.82) is 0 Å². The van der Waals surface area contributed by atoms with E-state index in [1.165, 1.54) is 6.42 Å². The molecule has 0 unspecified atom stereocenters. The first-order chi connectivity index (χ1) is 6.90. The molecule has 4 nitrogen and oxygen atoms in total. The van der Waals surface area contributed by atoms with Gasteiger partial charge in [-0.15, -0.1) is 5.10 Å². The minimum absolute atomic E-state index is 0.262. The zero-order chi connectivity index (χ0) is 9.80. The van der Waals surface area contributed by atoms with Crippen LogP contribution in [0.3, 0.4) is 0 Å². The number of aromatic nitrogens is 2. The molecule has 0 aromatic carbocycles. The Morgan fingerprint density at radius 1 is 1.50 bits per heavy atom. The van der Waals surface area contributed by atoms with Crippen LogP contribution in [0, 0.1) is 5.92 Å². The van der Waals surface area contributed by atoms with E-state index in [4.69, 9.17) is 5.11 Å². The van der Waals surface area contributed by atoms with E-state index in [2.05, 4.69) is 15.5 Å². The largest absolute Gasteiger partial charge is 0.396 e. The highest BCUT2D eigenvalue weighted by Gasteiger charge is 2.26. The second-order valence-electron chi connectivity index (χ2n) is 3.73. The fraction of sp³-hybridized carbons (Fsp3) is 0.600. The molecule has 1 heterocycles. The lowest BCUT2D eigenvalue weighted by atomic mass is 10.1. The van der Waals surface area contributed by atoms with E-state index in [0.29, 0.717) is 12.0 Å². The highest BCUT2D eigenvalue weighted by atomic mass is 16.3. The summed E-state index contributed by atoms with van der Waals surface area (Å²) in [4.78, 5) is 0. The van der Waals surface area contributed by atoms with Gasteiger partial charge in [0.15, 0.2) is 0 Å². The first kappa shape index (κ1) is 9.40. The molecule has 1 saturated carbocycles. The Bertz CT molecular complexity index is 278. The lowest BCUT2D eigenvalue weighted by Gasteiger charge is -2.18.